The Bertz CT molecular complexity index is 923. The number of H-pyrrole nitrogens is 1. The van der Waals surface area contributed by atoms with E-state index in [4.69, 9.17) is 5.73 Å². The second kappa shape index (κ2) is 7.94. The fraction of sp³-hybridized carbons (Fsp3) is 0.318. The van der Waals surface area contributed by atoms with Crippen LogP contribution in [0.15, 0.2) is 48.7 Å². The van der Waals surface area contributed by atoms with E-state index >= 15 is 0 Å². The molecule has 1 aliphatic rings. The third kappa shape index (κ3) is 3.89. The summed E-state index contributed by atoms with van der Waals surface area (Å²) in [6.45, 7) is 3.38. The first-order valence-electron chi connectivity index (χ1n) is 9.64. The highest BCUT2D eigenvalue weighted by Gasteiger charge is 2.16. The molecule has 3 aromatic rings. The maximum atomic E-state index is 12.6. The second-order valence-electron chi connectivity index (χ2n) is 7.27. The maximum Gasteiger partial charge on any atom is 0.253 e. The van der Waals surface area contributed by atoms with Gasteiger partial charge in [-0.25, -0.2) is 0 Å². The Balaban J connectivity index is 1.50. The molecule has 0 saturated carbocycles. The van der Waals surface area contributed by atoms with Crippen molar-refractivity contribution in [3.05, 3.63) is 59.8 Å². The molecule has 1 fully saturated rings. The van der Waals surface area contributed by atoms with Crippen molar-refractivity contribution in [2.24, 2.45) is 11.7 Å². The fourth-order valence-corrected chi connectivity index (χ4v) is 3.75. The third-order valence-corrected chi connectivity index (χ3v) is 5.46. The first kappa shape index (κ1) is 17.8. The van der Waals surface area contributed by atoms with Crippen LogP contribution in [-0.4, -0.2) is 30.5 Å². The van der Waals surface area contributed by atoms with E-state index in [0.717, 1.165) is 60.1 Å². The smallest absolute Gasteiger partial charge is 0.253 e. The maximum absolute atomic E-state index is 12.6. The molecule has 140 valence electrons. The lowest BCUT2D eigenvalue weighted by molar-refractivity contribution is 0.0946. The lowest BCUT2D eigenvalue weighted by Gasteiger charge is -2.22. The van der Waals surface area contributed by atoms with E-state index in [1.54, 1.807) is 0 Å². The number of benzene rings is 2. The van der Waals surface area contributed by atoms with Crippen LogP contribution in [0.5, 0.6) is 0 Å². The van der Waals surface area contributed by atoms with E-state index in [2.05, 4.69) is 39.9 Å². The average molecular weight is 362 g/mol. The Labute approximate surface area is 159 Å². The Morgan fingerprint density at radius 2 is 1.81 bits per heavy atom. The number of hydrogen-bond donors (Lipinski definition) is 4. The van der Waals surface area contributed by atoms with Gasteiger partial charge in [0.25, 0.3) is 5.91 Å². The molecule has 0 bridgehead atoms. The summed E-state index contributed by atoms with van der Waals surface area (Å²) in [5, 5.41) is 7.42. The van der Waals surface area contributed by atoms with Crippen molar-refractivity contribution in [3.63, 3.8) is 0 Å². The van der Waals surface area contributed by atoms with Crippen molar-refractivity contribution in [1.82, 2.24) is 15.6 Å². The van der Waals surface area contributed by atoms with Gasteiger partial charge in [-0.15, -0.1) is 0 Å². The minimum absolute atomic E-state index is 0.000156. The topological polar surface area (TPSA) is 82.9 Å². The Kier molecular flexibility index (Phi) is 5.23. The van der Waals surface area contributed by atoms with Crippen molar-refractivity contribution >= 4 is 16.8 Å². The number of aromatic amines is 1. The zero-order valence-electron chi connectivity index (χ0n) is 15.4. The lowest BCUT2D eigenvalue weighted by atomic mass is 9.98. The minimum atomic E-state index is -0.000156. The number of nitrogens with two attached hydrogens (primary N) is 1. The van der Waals surface area contributed by atoms with Gasteiger partial charge in [0.05, 0.1) is 5.56 Å². The minimum Gasteiger partial charge on any atom is -0.360 e. The van der Waals surface area contributed by atoms with Crippen LogP contribution in [-0.2, 0) is 6.54 Å². The average Bonchev–Trinajstić information content (AvgIpc) is 3.16. The zero-order chi connectivity index (χ0) is 18.6. The number of nitrogens with one attached hydrogen (secondary N) is 3. The predicted octanol–water partition coefficient (Wildman–Crippen LogP) is 3.02. The molecule has 5 heteroatoms. The Hall–Kier alpha value is -2.63. The molecule has 0 spiro atoms. The standard InChI is InChI=1S/C22H26N4O/c23-12-15-1-3-17(4-2-15)18-5-6-19-20(14-25-21(19)11-18)22(27)26-13-16-7-9-24-10-8-16/h1-6,11,14,16,24-25H,7-10,12-13,23H2,(H,26,27). The molecule has 2 heterocycles. The summed E-state index contributed by atoms with van der Waals surface area (Å²) in [5.41, 5.74) is 10.7. The van der Waals surface area contributed by atoms with Gasteiger partial charge in [0.1, 0.15) is 0 Å². The van der Waals surface area contributed by atoms with Crippen LogP contribution in [0.25, 0.3) is 22.0 Å². The first-order chi connectivity index (χ1) is 13.2. The van der Waals surface area contributed by atoms with Gasteiger partial charge >= 0.3 is 0 Å². The highest BCUT2D eigenvalue weighted by atomic mass is 16.1. The summed E-state index contributed by atoms with van der Waals surface area (Å²) in [7, 11) is 0. The van der Waals surface area contributed by atoms with E-state index in [9.17, 15) is 4.79 Å². The van der Waals surface area contributed by atoms with Gasteiger partial charge in [0.2, 0.25) is 0 Å². The van der Waals surface area contributed by atoms with Crippen LogP contribution in [0.3, 0.4) is 0 Å². The molecule has 4 rings (SSSR count). The number of hydrogen-bond acceptors (Lipinski definition) is 3. The molecule has 2 aromatic carbocycles. The predicted molar refractivity (Wildman–Crippen MR) is 110 cm³/mol. The van der Waals surface area contributed by atoms with E-state index in [1.807, 2.05) is 24.4 Å². The van der Waals surface area contributed by atoms with Crippen LogP contribution >= 0.6 is 0 Å². The largest absolute Gasteiger partial charge is 0.360 e. The Morgan fingerprint density at radius 1 is 1.07 bits per heavy atom. The fourth-order valence-electron chi connectivity index (χ4n) is 3.75. The van der Waals surface area contributed by atoms with E-state index < -0.39 is 0 Å². The van der Waals surface area contributed by atoms with Crippen LogP contribution in [0.1, 0.15) is 28.8 Å². The molecule has 5 nitrogen and oxygen atoms in total. The third-order valence-electron chi connectivity index (χ3n) is 5.46. The van der Waals surface area contributed by atoms with E-state index in [1.165, 1.54) is 0 Å². The van der Waals surface area contributed by atoms with Crippen LogP contribution in [0.2, 0.25) is 0 Å². The second-order valence-corrected chi connectivity index (χ2v) is 7.27. The summed E-state index contributed by atoms with van der Waals surface area (Å²) < 4.78 is 0. The number of carbonyl (C=O) groups excluding carboxylic acids is 1. The number of aromatic nitrogens is 1. The molecule has 1 saturated heterocycles. The molecule has 5 N–H and O–H groups in total. The van der Waals surface area contributed by atoms with Gasteiger partial charge in [-0.3, -0.25) is 4.79 Å². The molecule has 27 heavy (non-hydrogen) atoms. The molecule has 0 aliphatic carbocycles. The SMILES string of the molecule is NCc1ccc(-c2ccc3c(C(=O)NCC4CCNCC4)c[nH]c3c2)cc1. The molecule has 0 unspecified atom stereocenters. The number of fused-ring (bicyclic) bond motifs is 1. The van der Waals surface area contributed by atoms with Crippen LogP contribution < -0.4 is 16.4 Å². The zero-order valence-corrected chi connectivity index (χ0v) is 15.4. The van der Waals surface area contributed by atoms with Gasteiger partial charge in [0, 0.05) is 30.2 Å². The number of amides is 1. The van der Waals surface area contributed by atoms with Crippen molar-refractivity contribution in [2.45, 2.75) is 19.4 Å². The van der Waals surface area contributed by atoms with E-state index in [-0.39, 0.29) is 5.91 Å². The number of piperidine rings is 1. The molecule has 1 amide bonds. The highest BCUT2D eigenvalue weighted by molar-refractivity contribution is 6.07. The van der Waals surface area contributed by atoms with E-state index in [0.29, 0.717) is 18.0 Å². The molecule has 1 aliphatic heterocycles. The summed E-state index contributed by atoms with van der Waals surface area (Å²) >= 11 is 0. The van der Waals surface area contributed by atoms with Crippen LogP contribution in [0.4, 0.5) is 0 Å². The first-order valence-corrected chi connectivity index (χ1v) is 9.64. The quantitative estimate of drug-likeness (QED) is 0.563. The molecule has 0 atom stereocenters. The highest BCUT2D eigenvalue weighted by Crippen LogP contribution is 2.26. The monoisotopic (exact) mass is 362 g/mol. The van der Waals surface area contributed by atoms with Crippen molar-refractivity contribution in [3.8, 4) is 11.1 Å². The van der Waals surface area contributed by atoms with Crippen molar-refractivity contribution in [1.29, 1.82) is 0 Å². The summed E-state index contributed by atoms with van der Waals surface area (Å²) in [4.78, 5) is 15.9. The van der Waals surface area contributed by atoms with Crippen LogP contribution in [0, 0.1) is 5.92 Å². The summed E-state index contributed by atoms with van der Waals surface area (Å²) in [6, 6.07) is 14.4. The van der Waals surface area contributed by atoms with Gasteiger partial charge in [-0.05, 0) is 54.6 Å². The molecular formula is C22H26N4O. The van der Waals surface area contributed by atoms with Crippen molar-refractivity contribution < 1.29 is 4.79 Å². The van der Waals surface area contributed by atoms with Gasteiger partial charge < -0.3 is 21.4 Å². The molecule has 0 radical (unpaired) electrons. The molecule has 1 aromatic heterocycles. The Morgan fingerprint density at radius 3 is 2.56 bits per heavy atom. The van der Waals surface area contributed by atoms with Gasteiger partial charge in [-0.2, -0.15) is 0 Å². The summed E-state index contributed by atoms with van der Waals surface area (Å²) in [5.74, 6) is 0.573. The van der Waals surface area contributed by atoms with Gasteiger partial charge in [0.15, 0.2) is 0 Å². The lowest BCUT2D eigenvalue weighted by Crippen LogP contribution is -2.35. The van der Waals surface area contributed by atoms with Gasteiger partial charge in [-0.1, -0.05) is 36.4 Å². The normalized spacial score (nSPS) is 15.1. The van der Waals surface area contributed by atoms with Crippen molar-refractivity contribution in [2.75, 3.05) is 19.6 Å². The molecular weight excluding hydrogens is 336 g/mol. The summed E-state index contributed by atoms with van der Waals surface area (Å²) in [6.07, 6.45) is 4.06. The number of rotatable bonds is 5. The number of carbonyl (C=O) groups is 1.